The highest BCUT2D eigenvalue weighted by molar-refractivity contribution is 8.10. The SMILES string of the molecule is C=CC(=O)Nc1cccc(Oc2ncc(C)cc2N(S(=O)(=O)c2ccc(Cl)c(C(F)(F)F)c2)S(=O)(=O)c2ccc(Cl)c(C(F)(F)F)c2)c1. The first kappa shape index (κ1) is 36.5. The van der Waals surface area contributed by atoms with Gasteiger partial charge in [-0.25, -0.2) is 21.8 Å². The molecular formula is C29H19Cl2F6N3O6S2. The molecule has 1 N–H and O–H groups in total. The Labute approximate surface area is 279 Å². The number of carbonyl (C=O) groups excluding carboxylic acids is 1. The van der Waals surface area contributed by atoms with E-state index in [0.717, 1.165) is 18.3 Å². The summed E-state index contributed by atoms with van der Waals surface area (Å²) < 4.78 is 144. The third-order valence-electron chi connectivity index (χ3n) is 6.19. The Morgan fingerprint density at radius 2 is 1.38 bits per heavy atom. The summed E-state index contributed by atoms with van der Waals surface area (Å²) in [5, 5.41) is 0.589. The van der Waals surface area contributed by atoms with Gasteiger partial charge < -0.3 is 10.1 Å². The van der Waals surface area contributed by atoms with Gasteiger partial charge in [-0.3, -0.25) is 4.79 Å². The van der Waals surface area contributed by atoms with Gasteiger partial charge in [0.1, 0.15) is 11.4 Å². The third-order valence-corrected chi connectivity index (χ3v) is 11.0. The summed E-state index contributed by atoms with van der Waals surface area (Å²) in [5.74, 6) is -1.54. The maximum Gasteiger partial charge on any atom is 0.417 e. The molecule has 9 nitrogen and oxygen atoms in total. The molecule has 0 fully saturated rings. The van der Waals surface area contributed by atoms with Crippen LogP contribution >= 0.6 is 23.2 Å². The fourth-order valence-corrected chi connectivity index (χ4v) is 8.21. The second-order valence-electron chi connectivity index (χ2n) is 9.65. The highest BCUT2D eigenvalue weighted by Gasteiger charge is 2.43. The van der Waals surface area contributed by atoms with Crippen LogP contribution in [0.3, 0.4) is 0 Å². The summed E-state index contributed by atoms with van der Waals surface area (Å²) in [6, 6.07) is 8.65. The number of alkyl halides is 6. The number of anilines is 2. The largest absolute Gasteiger partial charge is 0.437 e. The third kappa shape index (κ3) is 7.69. The van der Waals surface area contributed by atoms with Crippen LogP contribution in [-0.4, -0.2) is 27.7 Å². The van der Waals surface area contributed by atoms with E-state index in [1.807, 2.05) is 0 Å². The molecule has 1 heterocycles. The Kier molecular flexibility index (Phi) is 10.1. The van der Waals surface area contributed by atoms with Crippen LogP contribution in [0.1, 0.15) is 16.7 Å². The predicted molar refractivity (Wildman–Crippen MR) is 164 cm³/mol. The number of hydrogen-bond acceptors (Lipinski definition) is 7. The van der Waals surface area contributed by atoms with E-state index in [1.165, 1.54) is 31.2 Å². The molecule has 0 aliphatic heterocycles. The molecule has 0 unspecified atom stereocenters. The molecule has 0 saturated carbocycles. The second-order valence-corrected chi connectivity index (χ2v) is 14.3. The van der Waals surface area contributed by atoms with Crippen LogP contribution in [0.4, 0.5) is 37.7 Å². The molecule has 0 atom stereocenters. The number of amides is 1. The van der Waals surface area contributed by atoms with Gasteiger partial charge in [0.2, 0.25) is 11.8 Å². The molecule has 19 heteroatoms. The van der Waals surface area contributed by atoms with Crippen molar-refractivity contribution in [1.29, 1.82) is 0 Å². The van der Waals surface area contributed by atoms with Gasteiger partial charge in [0.25, 0.3) is 20.0 Å². The van der Waals surface area contributed by atoms with Crippen molar-refractivity contribution in [2.24, 2.45) is 0 Å². The van der Waals surface area contributed by atoms with Gasteiger partial charge in [-0.1, -0.05) is 35.8 Å². The molecule has 0 radical (unpaired) electrons. The molecule has 0 bridgehead atoms. The first-order valence-corrected chi connectivity index (χ1v) is 16.5. The van der Waals surface area contributed by atoms with Crippen LogP contribution in [0, 0.1) is 6.92 Å². The van der Waals surface area contributed by atoms with E-state index in [0.29, 0.717) is 24.3 Å². The molecule has 0 aliphatic carbocycles. The molecule has 4 aromatic rings. The van der Waals surface area contributed by atoms with Crippen LogP contribution in [0.2, 0.25) is 10.0 Å². The molecular weight excluding hydrogens is 735 g/mol. The monoisotopic (exact) mass is 753 g/mol. The van der Waals surface area contributed by atoms with Gasteiger partial charge in [0, 0.05) is 18.0 Å². The number of nitrogens with zero attached hydrogens (tertiary/aromatic N) is 2. The molecule has 0 aliphatic rings. The molecule has 4 rings (SSSR count). The smallest absolute Gasteiger partial charge is 0.417 e. The summed E-state index contributed by atoms with van der Waals surface area (Å²) in [6.45, 7) is 4.66. The number of rotatable bonds is 9. The van der Waals surface area contributed by atoms with E-state index < -0.39 is 84.5 Å². The van der Waals surface area contributed by atoms with E-state index in [1.54, 1.807) is 0 Å². The minimum atomic E-state index is -5.69. The molecule has 0 spiro atoms. The summed E-state index contributed by atoms with van der Waals surface area (Å²) in [4.78, 5) is 13.2. The topological polar surface area (TPSA) is 123 Å². The Balaban J connectivity index is 2.02. The number of aromatic nitrogens is 1. The standard InChI is InChI=1S/C29H19Cl2F6N3O6S2/c1-3-26(41)39-17-5-4-6-18(12-17)46-27-25(11-16(2)15-38-27)40(47(42,43)19-7-9-23(30)21(13-19)28(32,33)34)48(44,45)20-8-10-24(31)22(14-20)29(35,36)37/h3-15H,1H2,2H3,(H,39,41). The highest BCUT2D eigenvalue weighted by atomic mass is 35.5. The molecule has 0 saturated heterocycles. The Hall–Kier alpha value is -4.32. The lowest BCUT2D eigenvalue weighted by molar-refractivity contribution is -0.138. The van der Waals surface area contributed by atoms with Crippen molar-refractivity contribution in [2.45, 2.75) is 29.1 Å². The van der Waals surface area contributed by atoms with Crippen molar-refractivity contribution < 1.29 is 52.7 Å². The van der Waals surface area contributed by atoms with Gasteiger partial charge >= 0.3 is 12.4 Å². The lowest BCUT2D eigenvalue weighted by Crippen LogP contribution is -2.37. The summed E-state index contributed by atoms with van der Waals surface area (Å²) in [5.41, 5.74) is -3.98. The van der Waals surface area contributed by atoms with Gasteiger partial charge in [0.15, 0.2) is 0 Å². The lowest BCUT2D eigenvalue weighted by Gasteiger charge is -2.26. The van der Waals surface area contributed by atoms with Crippen LogP contribution in [0.5, 0.6) is 11.6 Å². The zero-order valence-corrected chi connectivity index (χ0v) is 27.0. The molecule has 254 valence electrons. The van der Waals surface area contributed by atoms with Gasteiger partial charge in [-0.2, -0.15) is 30.1 Å². The van der Waals surface area contributed by atoms with E-state index in [4.69, 9.17) is 27.9 Å². The van der Waals surface area contributed by atoms with Gasteiger partial charge in [-0.05, 0) is 73.2 Å². The first-order valence-electron chi connectivity index (χ1n) is 12.9. The predicted octanol–water partition coefficient (Wildman–Crippen LogP) is 8.24. The number of hydrogen-bond donors (Lipinski definition) is 1. The molecule has 3 aromatic carbocycles. The number of carbonyl (C=O) groups is 1. The normalized spacial score (nSPS) is 12.4. The van der Waals surface area contributed by atoms with E-state index >= 15 is 0 Å². The maximum atomic E-state index is 14.2. The van der Waals surface area contributed by atoms with E-state index in [9.17, 15) is 48.0 Å². The average Bonchev–Trinajstić information content (AvgIpc) is 2.97. The average molecular weight is 755 g/mol. The summed E-state index contributed by atoms with van der Waals surface area (Å²) >= 11 is 11.3. The van der Waals surface area contributed by atoms with Gasteiger partial charge in [0.05, 0.1) is 31.0 Å². The summed E-state index contributed by atoms with van der Waals surface area (Å²) in [7, 11) is -11.4. The minimum Gasteiger partial charge on any atom is -0.437 e. The number of halogens is 8. The Morgan fingerprint density at radius 1 is 0.854 bits per heavy atom. The van der Waals surface area contributed by atoms with E-state index in [-0.39, 0.29) is 29.1 Å². The number of sulfonamides is 2. The summed E-state index contributed by atoms with van der Waals surface area (Å²) in [6.07, 6.45) is -8.32. The number of pyridine rings is 1. The Bertz CT molecular complexity index is 2050. The number of aryl methyl sites for hydroxylation is 1. The van der Waals surface area contributed by atoms with Crippen LogP contribution in [0.15, 0.2) is 95.4 Å². The van der Waals surface area contributed by atoms with Gasteiger partial charge in [-0.15, -0.1) is 0 Å². The number of benzene rings is 3. The lowest BCUT2D eigenvalue weighted by atomic mass is 10.2. The van der Waals surface area contributed by atoms with Crippen molar-refractivity contribution in [1.82, 2.24) is 4.98 Å². The molecule has 1 amide bonds. The minimum absolute atomic E-state index is 0.0682. The van der Waals surface area contributed by atoms with Crippen LogP contribution < -0.4 is 13.8 Å². The highest BCUT2D eigenvalue weighted by Crippen LogP contribution is 2.43. The first-order chi connectivity index (χ1) is 22.2. The number of nitrogens with one attached hydrogen (secondary N) is 1. The zero-order valence-electron chi connectivity index (χ0n) is 23.9. The van der Waals surface area contributed by atoms with E-state index in [2.05, 4.69) is 16.9 Å². The van der Waals surface area contributed by atoms with Crippen LogP contribution in [-0.2, 0) is 37.2 Å². The quantitative estimate of drug-likeness (QED) is 0.135. The van der Waals surface area contributed by atoms with Crippen molar-refractivity contribution in [3.05, 3.63) is 112 Å². The van der Waals surface area contributed by atoms with Crippen molar-refractivity contribution in [3.8, 4) is 11.6 Å². The number of ether oxygens (including phenoxy) is 1. The van der Waals surface area contributed by atoms with Crippen LogP contribution in [0.25, 0.3) is 0 Å². The molecule has 1 aromatic heterocycles. The Morgan fingerprint density at radius 3 is 1.85 bits per heavy atom. The molecule has 48 heavy (non-hydrogen) atoms. The van der Waals surface area contributed by atoms with Crippen molar-refractivity contribution >= 4 is 60.5 Å². The van der Waals surface area contributed by atoms with Crippen molar-refractivity contribution in [3.63, 3.8) is 0 Å². The maximum absolute atomic E-state index is 14.2. The fraction of sp³-hybridized carbons (Fsp3) is 0.103. The zero-order chi connectivity index (χ0) is 35.8. The van der Waals surface area contributed by atoms with Crippen molar-refractivity contribution in [2.75, 3.05) is 9.03 Å². The second kappa shape index (κ2) is 13.3. The fourth-order valence-electron chi connectivity index (χ4n) is 4.04.